The number of hydrogen-bond acceptors (Lipinski definition) is 3. The second-order valence-electron chi connectivity index (χ2n) is 4.26. The third-order valence-corrected chi connectivity index (χ3v) is 3.18. The molecule has 0 fully saturated rings. The van der Waals surface area contributed by atoms with Crippen LogP contribution in [0.2, 0.25) is 0 Å². The Morgan fingerprint density at radius 3 is 2.78 bits per heavy atom. The third kappa shape index (κ3) is 1.92. The van der Waals surface area contributed by atoms with Gasteiger partial charge in [0.1, 0.15) is 11.7 Å². The molecule has 0 bridgehead atoms. The van der Waals surface area contributed by atoms with Crippen LogP contribution in [0, 0.1) is 5.92 Å². The van der Waals surface area contributed by atoms with Crippen molar-refractivity contribution < 1.29 is 19.4 Å². The fourth-order valence-electron chi connectivity index (χ4n) is 2.10. The molecule has 18 heavy (non-hydrogen) atoms. The van der Waals surface area contributed by atoms with E-state index in [2.05, 4.69) is 0 Å². The minimum atomic E-state index is -1.01. The largest absolute Gasteiger partial charge is 0.481 e. The number of carbonyl (C=O) groups is 2. The van der Waals surface area contributed by atoms with E-state index in [4.69, 9.17) is 9.84 Å². The van der Waals surface area contributed by atoms with E-state index >= 15 is 0 Å². The average Bonchev–Trinajstić information content (AvgIpc) is 2.36. The van der Waals surface area contributed by atoms with Crippen LogP contribution in [-0.4, -0.2) is 30.1 Å². The number of fused-ring (bicyclic) bond motifs is 1. The SMILES string of the molecule is CCC(C(=O)O)C1Oc2ccccc2N(C)C1=O. The number of benzene rings is 1. The van der Waals surface area contributed by atoms with Gasteiger partial charge in [-0.05, 0) is 18.6 Å². The Bertz CT molecular complexity index is 486. The number of likely N-dealkylation sites (N-methyl/N-ethyl adjacent to an activating group) is 1. The zero-order valence-corrected chi connectivity index (χ0v) is 10.3. The van der Waals surface area contributed by atoms with Crippen molar-refractivity contribution in [3.63, 3.8) is 0 Å². The summed E-state index contributed by atoms with van der Waals surface area (Å²) in [6.07, 6.45) is -0.603. The van der Waals surface area contributed by atoms with Gasteiger partial charge in [0.2, 0.25) is 0 Å². The van der Waals surface area contributed by atoms with E-state index in [0.717, 1.165) is 0 Å². The van der Waals surface area contributed by atoms with E-state index in [-0.39, 0.29) is 5.91 Å². The molecule has 5 heteroatoms. The summed E-state index contributed by atoms with van der Waals surface area (Å²) in [6, 6.07) is 7.10. The van der Waals surface area contributed by atoms with Crippen molar-refractivity contribution in [2.45, 2.75) is 19.4 Å². The second kappa shape index (κ2) is 4.68. The van der Waals surface area contributed by atoms with Gasteiger partial charge in [-0.25, -0.2) is 0 Å². The summed E-state index contributed by atoms with van der Waals surface area (Å²) in [6.45, 7) is 1.73. The molecule has 0 aliphatic carbocycles. The van der Waals surface area contributed by atoms with Crippen molar-refractivity contribution in [2.75, 3.05) is 11.9 Å². The first-order chi connectivity index (χ1) is 8.56. The Labute approximate surface area is 105 Å². The second-order valence-corrected chi connectivity index (χ2v) is 4.26. The van der Waals surface area contributed by atoms with Crippen molar-refractivity contribution in [1.82, 2.24) is 0 Å². The van der Waals surface area contributed by atoms with Gasteiger partial charge in [-0.3, -0.25) is 9.59 Å². The van der Waals surface area contributed by atoms with Crippen LogP contribution in [0.1, 0.15) is 13.3 Å². The number of amides is 1. The van der Waals surface area contributed by atoms with Gasteiger partial charge in [0, 0.05) is 7.05 Å². The van der Waals surface area contributed by atoms with Gasteiger partial charge in [-0.15, -0.1) is 0 Å². The summed E-state index contributed by atoms with van der Waals surface area (Å²) in [5.41, 5.74) is 0.666. The quantitative estimate of drug-likeness (QED) is 0.882. The van der Waals surface area contributed by atoms with Crippen LogP contribution < -0.4 is 9.64 Å². The highest BCUT2D eigenvalue weighted by atomic mass is 16.5. The van der Waals surface area contributed by atoms with E-state index in [0.29, 0.717) is 17.9 Å². The third-order valence-electron chi connectivity index (χ3n) is 3.18. The van der Waals surface area contributed by atoms with E-state index in [1.54, 1.807) is 38.2 Å². The lowest BCUT2D eigenvalue weighted by molar-refractivity contribution is -0.149. The van der Waals surface area contributed by atoms with Gasteiger partial charge in [0.05, 0.1) is 5.69 Å². The molecule has 2 rings (SSSR count). The van der Waals surface area contributed by atoms with Gasteiger partial charge in [-0.1, -0.05) is 19.1 Å². The van der Waals surface area contributed by atoms with E-state index < -0.39 is 18.0 Å². The lowest BCUT2D eigenvalue weighted by Gasteiger charge is -2.34. The Morgan fingerprint density at radius 2 is 2.17 bits per heavy atom. The Hall–Kier alpha value is -2.04. The van der Waals surface area contributed by atoms with Crippen molar-refractivity contribution in [2.24, 2.45) is 5.92 Å². The smallest absolute Gasteiger partial charge is 0.310 e. The minimum Gasteiger partial charge on any atom is -0.481 e. The monoisotopic (exact) mass is 249 g/mol. The highest BCUT2D eigenvalue weighted by Crippen LogP contribution is 2.34. The molecule has 0 radical (unpaired) electrons. The maximum absolute atomic E-state index is 12.1. The predicted molar refractivity (Wildman–Crippen MR) is 65.7 cm³/mol. The molecule has 1 heterocycles. The van der Waals surface area contributed by atoms with E-state index in [1.165, 1.54) is 4.90 Å². The number of anilines is 1. The highest BCUT2D eigenvalue weighted by Gasteiger charge is 2.40. The van der Waals surface area contributed by atoms with Crippen LogP contribution in [0.5, 0.6) is 5.75 Å². The molecule has 1 aromatic rings. The van der Waals surface area contributed by atoms with Crippen LogP contribution in [0.3, 0.4) is 0 Å². The Kier molecular flexibility index (Phi) is 3.23. The number of carboxylic acid groups (broad SMARTS) is 1. The zero-order valence-electron chi connectivity index (χ0n) is 10.3. The van der Waals surface area contributed by atoms with Crippen molar-refractivity contribution >= 4 is 17.6 Å². The molecule has 1 aliphatic heterocycles. The lowest BCUT2D eigenvalue weighted by Crippen LogP contribution is -2.49. The number of hydrogen-bond donors (Lipinski definition) is 1. The molecule has 0 aromatic heterocycles. The average molecular weight is 249 g/mol. The van der Waals surface area contributed by atoms with Crippen LogP contribution in [0.15, 0.2) is 24.3 Å². The molecular formula is C13H15NO4. The fourth-order valence-corrected chi connectivity index (χ4v) is 2.10. The summed E-state index contributed by atoms with van der Waals surface area (Å²) in [4.78, 5) is 24.7. The number of rotatable bonds is 3. The molecule has 2 atom stereocenters. The van der Waals surface area contributed by atoms with Crippen molar-refractivity contribution in [1.29, 1.82) is 0 Å². The molecule has 1 aliphatic rings. The number of para-hydroxylation sites is 2. The topological polar surface area (TPSA) is 66.8 Å². The first-order valence-corrected chi connectivity index (χ1v) is 5.82. The first-order valence-electron chi connectivity index (χ1n) is 5.82. The summed E-state index contributed by atoms with van der Waals surface area (Å²) >= 11 is 0. The van der Waals surface area contributed by atoms with E-state index in [9.17, 15) is 9.59 Å². The minimum absolute atomic E-state index is 0.317. The summed E-state index contributed by atoms with van der Waals surface area (Å²) < 4.78 is 5.56. The van der Waals surface area contributed by atoms with Crippen LogP contribution in [-0.2, 0) is 9.59 Å². The Morgan fingerprint density at radius 1 is 1.50 bits per heavy atom. The number of nitrogens with zero attached hydrogens (tertiary/aromatic N) is 1. The molecule has 96 valence electrons. The summed E-state index contributed by atoms with van der Waals surface area (Å²) in [5, 5.41) is 9.13. The number of carboxylic acids is 1. The molecule has 1 aromatic carbocycles. The molecule has 2 unspecified atom stereocenters. The number of aliphatic carboxylic acids is 1. The first kappa shape index (κ1) is 12.4. The number of ether oxygens (including phenoxy) is 1. The van der Waals surface area contributed by atoms with Gasteiger partial charge in [-0.2, -0.15) is 0 Å². The zero-order chi connectivity index (χ0) is 13.3. The maximum Gasteiger partial charge on any atom is 0.310 e. The van der Waals surface area contributed by atoms with Crippen LogP contribution in [0.25, 0.3) is 0 Å². The highest BCUT2D eigenvalue weighted by molar-refractivity contribution is 6.01. The molecule has 0 saturated heterocycles. The molecule has 0 saturated carbocycles. The Balaban J connectivity index is 2.37. The summed E-state index contributed by atoms with van der Waals surface area (Å²) in [7, 11) is 1.63. The summed E-state index contributed by atoms with van der Waals surface area (Å²) in [5.74, 6) is -1.61. The normalized spacial score (nSPS) is 20.0. The van der Waals surface area contributed by atoms with Crippen LogP contribution in [0.4, 0.5) is 5.69 Å². The molecule has 5 nitrogen and oxygen atoms in total. The van der Waals surface area contributed by atoms with E-state index in [1.807, 2.05) is 0 Å². The standard InChI is InChI=1S/C13H15NO4/c1-3-8(13(16)17)11-12(15)14(2)9-6-4-5-7-10(9)18-11/h4-8,11H,3H2,1-2H3,(H,16,17). The predicted octanol–water partition coefficient (Wildman–Crippen LogP) is 1.52. The lowest BCUT2D eigenvalue weighted by atomic mass is 9.97. The van der Waals surface area contributed by atoms with Gasteiger partial charge < -0.3 is 14.7 Å². The molecule has 0 spiro atoms. The molecule has 1 N–H and O–H groups in total. The fraction of sp³-hybridized carbons (Fsp3) is 0.385. The van der Waals surface area contributed by atoms with Crippen molar-refractivity contribution in [3.05, 3.63) is 24.3 Å². The molecular weight excluding hydrogens is 234 g/mol. The van der Waals surface area contributed by atoms with Crippen molar-refractivity contribution in [3.8, 4) is 5.75 Å². The molecule has 1 amide bonds. The van der Waals surface area contributed by atoms with Gasteiger partial charge in [0.25, 0.3) is 5.91 Å². The van der Waals surface area contributed by atoms with Gasteiger partial charge in [0.15, 0.2) is 6.10 Å². The van der Waals surface area contributed by atoms with Gasteiger partial charge >= 0.3 is 5.97 Å². The van der Waals surface area contributed by atoms with Crippen LogP contribution >= 0.6 is 0 Å². The number of carbonyl (C=O) groups excluding carboxylic acids is 1. The maximum atomic E-state index is 12.1.